The van der Waals surface area contributed by atoms with E-state index in [-0.39, 0.29) is 0 Å². The monoisotopic (exact) mass is 412 g/mol. The van der Waals surface area contributed by atoms with E-state index >= 15 is 0 Å². The van der Waals surface area contributed by atoms with Gasteiger partial charge in [-0.15, -0.1) is 0 Å². The van der Waals surface area contributed by atoms with Crippen LogP contribution >= 0.6 is 15.9 Å². The smallest absolute Gasteiger partial charge is 0.414 e. The average Bonchev–Trinajstić information content (AvgIpc) is 3.13. The van der Waals surface area contributed by atoms with Crippen molar-refractivity contribution in [3.8, 4) is 0 Å². The fourth-order valence-corrected chi connectivity index (χ4v) is 3.83. The van der Waals surface area contributed by atoms with Crippen LogP contribution in [0.2, 0.25) is 0 Å². The predicted molar refractivity (Wildman–Crippen MR) is 98.5 cm³/mol. The zero-order valence-corrected chi connectivity index (χ0v) is 15.8. The Hall–Kier alpha value is -1.44. The van der Waals surface area contributed by atoms with Crippen molar-refractivity contribution >= 4 is 27.9 Å². The molecular formula is C18H25BrN2O4. The predicted octanol–water partition coefficient (Wildman–Crippen LogP) is 2.66. The summed E-state index contributed by atoms with van der Waals surface area (Å²) in [6.45, 7) is 6.04. The zero-order chi connectivity index (χ0) is 18.2. The standard InChI is InChI=1S/C16H23BrN2.C2H2O4/c17-16-8-4-1-5-14(16)13-18-9-11-19(12-10-18)15-6-2-3-7-15;3-1(4)2(5)6/h1,4-5,8,15H,2-3,6-7,9-13H2;(H,3,4)(H,5,6). The molecule has 0 unspecified atom stereocenters. The summed E-state index contributed by atoms with van der Waals surface area (Å²) in [5.74, 6) is -3.65. The van der Waals surface area contributed by atoms with Gasteiger partial charge < -0.3 is 10.2 Å². The van der Waals surface area contributed by atoms with Gasteiger partial charge in [-0.2, -0.15) is 0 Å². The summed E-state index contributed by atoms with van der Waals surface area (Å²) < 4.78 is 1.24. The summed E-state index contributed by atoms with van der Waals surface area (Å²) in [4.78, 5) is 23.5. The molecule has 0 atom stereocenters. The number of carboxylic acids is 2. The SMILES string of the molecule is Brc1ccccc1CN1CCN(C2CCCC2)CC1.O=C(O)C(=O)O. The van der Waals surface area contributed by atoms with E-state index < -0.39 is 11.9 Å². The maximum atomic E-state index is 9.10. The summed E-state index contributed by atoms with van der Waals surface area (Å²) >= 11 is 3.65. The fraction of sp³-hybridized carbons (Fsp3) is 0.556. The van der Waals surface area contributed by atoms with Crippen LogP contribution in [0.4, 0.5) is 0 Å². The second kappa shape index (κ2) is 9.89. The molecule has 3 rings (SSSR count). The highest BCUT2D eigenvalue weighted by molar-refractivity contribution is 9.10. The van der Waals surface area contributed by atoms with Gasteiger partial charge >= 0.3 is 11.9 Å². The molecule has 1 saturated carbocycles. The Morgan fingerprint density at radius 1 is 1.00 bits per heavy atom. The molecule has 1 saturated heterocycles. The van der Waals surface area contributed by atoms with Gasteiger partial charge in [0, 0.05) is 43.2 Å². The molecule has 138 valence electrons. The molecule has 6 nitrogen and oxygen atoms in total. The quantitative estimate of drug-likeness (QED) is 0.742. The molecule has 2 aliphatic rings. The number of rotatable bonds is 3. The Labute approximate surface area is 156 Å². The van der Waals surface area contributed by atoms with Gasteiger partial charge in [-0.25, -0.2) is 9.59 Å². The molecule has 1 aromatic carbocycles. The van der Waals surface area contributed by atoms with Gasteiger partial charge in [0.15, 0.2) is 0 Å². The van der Waals surface area contributed by atoms with E-state index in [0.717, 1.165) is 12.6 Å². The number of hydrogen-bond acceptors (Lipinski definition) is 4. The molecule has 1 aliphatic heterocycles. The first-order chi connectivity index (χ1) is 12.0. The van der Waals surface area contributed by atoms with Crippen molar-refractivity contribution in [2.75, 3.05) is 26.2 Å². The maximum absolute atomic E-state index is 9.10. The number of aliphatic carboxylic acids is 2. The number of nitrogens with zero attached hydrogens (tertiary/aromatic N) is 2. The van der Waals surface area contributed by atoms with Crippen molar-refractivity contribution in [3.63, 3.8) is 0 Å². The van der Waals surface area contributed by atoms with E-state index in [4.69, 9.17) is 19.8 Å². The Bertz CT molecular complexity index is 570. The Kier molecular flexibility index (Phi) is 7.87. The number of hydrogen-bond donors (Lipinski definition) is 2. The molecule has 0 bridgehead atoms. The molecular weight excluding hydrogens is 388 g/mol. The normalized spacial score (nSPS) is 19.2. The summed E-state index contributed by atoms with van der Waals surface area (Å²) in [6.07, 6.45) is 5.76. The number of carbonyl (C=O) groups is 2. The number of halogens is 1. The van der Waals surface area contributed by atoms with E-state index in [9.17, 15) is 0 Å². The first kappa shape index (κ1) is 19.9. The van der Waals surface area contributed by atoms with Crippen molar-refractivity contribution in [2.24, 2.45) is 0 Å². The van der Waals surface area contributed by atoms with E-state index in [1.807, 2.05) is 0 Å². The van der Waals surface area contributed by atoms with Crippen LogP contribution < -0.4 is 0 Å². The molecule has 25 heavy (non-hydrogen) atoms. The molecule has 2 N–H and O–H groups in total. The van der Waals surface area contributed by atoms with Crippen molar-refractivity contribution in [1.82, 2.24) is 9.80 Å². The lowest BCUT2D eigenvalue weighted by molar-refractivity contribution is -0.159. The summed E-state index contributed by atoms with van der Waals surface area (Å²) in [5, 5.41) is 14.8. The second-order valence-corrected chi connectivity index (χ2v) is 7.31. The van der Waals surface area contributed by atoms with Gasteiger partial charge in [-0.3, -0.25) is 9.80 Å². The summed E-state index contributed by atoms with van der Waals surface area (Å²) in [6, 6.07) is 9.49. The average molecular weight is 413 g/mol. The lowest BCUT2D eigenvalue weighted by atomic mass is 10.1. The molecule has 0 radical (unpaired) electrons. The second-order valence-electron chi connectivity index (χ2n) is 6.45. The Morgan fingerprint density at radius 2 is 1.56 bits per heavy atom. The van der Waals surface area contributed by atoms with Crippen LogP contribution in [0.3, 0.4) is 0 Å². The molecule has 0 spiro atoms. The maximum Gasteiger partial charge on any atom is 0.414 e. The topological polar surface area (TPSA) is 81.1 Å². The van der Waals surface area contributed by atoms with Crippen LogP contribution in [0.15, 0.2) is 28.7 Å². The van der Waals surface area contributed by atoms with Crippen molar-refractivity contribution in [1.29, 1.82) is 0 Å². The molecule has 1 aromatic rings. The molecule has 0 amide bonds. The highest BCUT2D eigenvalue weighted by Gasteiger charge is 2.26. The number of benzene rings is 1. The van der Waals surface area contributed by atoms with Crippen molar-refractivity contribution < 1.29 is 19.8 Å². The number of carboxylic acid groups (broad SMARTS) is 2. The molecule has 0 aromatic heterocycles. The zero-order valence-electron chi connectivity index (χ0n) is 14.2. The fourth-order valence-electron chi connectivity index (χ4n) is 3.42. The van der Waals surface area contributed by atoms with Crippen LogP contribution in [0.25, 0.3) is 0 Å². The lowest BCUT2D eigenvalue weighted by Crippen LogP contribution is -2.49. The molecule has 2 fully saturated rings. The van der Waals surface area contributed by atoms with Crippen LogP contribution in [-0.2, 0) is 16.1 Å². The van der Waals surface area contributed by atoms with Gasteiger partial charge in [0.05, 0.1) is 0 Å². The summed E-state index contributed by atoms with van der Waals surface area (Å²) in [5.41, 5.74) is 1.41. The van der Waals surface area contributed by atoms with Crippen LogP contribution in [-0.4, -0.2) is 64.2 Å². The first-order valence-electron chi connectivity index (χ1n) is 8.63. The molecule has 1 heterocycles. The van der Waals surface area contributed by atoms with Crippen LogP contribution in [0.1, 0.15) is 31.2 Å². The summed E-state index contributed by atoms with van der Waals surface area (Å²) in [7, 11) is 0. The van der Waals surface area contributed by atoms with Crippen molar-refractivity contribution in [3.05, 3.63) is 34.3 Å². The van der Waals surface area contributed by atoms with E-state index in [1.54, 1.807) is 0 Å². The highest BCUT2D eigenvalue weighted by Crippen LogP contribution is 2.25. The largest absolute Gasteiger partial charge is 0.473 e. The highest BCUT2D eigenvalue weighted by atomic mass is 79.9. The third-order valence-electron chi connectivity index (χ3n) is 4.78. The van der Waals surface area contributed by atoms with Crippen LogP contribution in [0, 0.1) is 0 Å². The Balaban J connectivity index is 0.000000326. The minimum absolute atomic E-state index is 0.894. The van der Waals surface area contributed by atoms with Gasteiger partial charge in [0.1, 0.15) is 0 Å². The van der Waals surface area contributed by atoms with Gasteiger partial charge in [-0.1, -0.05) is 47.0 Å². The molecule has 1 aliphatic carbocycles. The van der Waals surface area contributed by atoms with Gasteiger partial charge in [0.2, 0.25) is 0 Å². The third kappa shape index (κ3) is 6.41. The Morgan fingerprint density at radius 3 is 2.08 bits per heavy atom. The lowest BCUT2D eigenvalue weighted by Gasteiger charge is -2.38. The van der Waals surface area contributed by atoms with Gasteiger partial charge in [0.25, 0.3) is 0 Å². The first-order valence-corrected chi connectivity index (χ1v) is 9.42. The third-order valence-corrected chi connectivity index (χ3v) is 5.56. The molecule has 7 heteroatoms. The van der Waals surface area contributed by atoms with Crippen molar-refractivity contribution in [2.45, 2.75) is 38.3 Å². The minimum Gasteiger partial charge on any atom is -0.473 e. The van der Waals surface area contributed by atoms with Crippen LogP contribution in [0.5, 0.6) is 0 Å². The number of piperazine rings is 1. The van der Waals surface area contributed by atoms with Gasteiger partial charge in [-0.05, 0) is 24.5 Å². The van der Waals surface area contributed by atoms with E-state index in [2.05, 4.69) is 50.0 Å². The van der Waals surface area contributed by atoms with E-state index in [1.165, 1.54) is 61.9 Å². The van der Waals surface area contributed by atoms with E-state index in [0.29, 0.717) is 0 Å². The minimum atomic E-state index is -1.82.